The summed E-state index contributed by atoms with van der Waals surface area (Å²) in [6.45, 7) is 6.35. The molecule has 52 valence electrons. The topological polar surface area (TPSA) is 12.5 Å². The van der Waals surface area contributed by atoms with Crippen molar-refractivity contribution in [3.8, 4) is 0 Å². The zero-order chi connectivity index (χ0) is 6.85. The molecule has 0 unspecified atom stereocenters. The smallest absolute Gasteiger partial charge is 0.0873 e. The lowest BCUT2D eigenvalue weighted by Crippen LogP contribution is -1.85. The van der Waals surface area contributed by atoms with Gasteiger partial charge in [-0.2, -0.15) is 0 Å². The molecule has 1 saturated heterocycles. The molecule has 0 aromatic rings. The molecule has 9 heavy (non-hydrogen) atoms. The molecule has 0 bridgehead atoms. The largest absolute Gasteiger partial charge is 0.370 e. The van der Waals surface area contributed by atoms with Crippen LogP contribution in [0.15, 0.2) is 11.6 Å². The Balaban J connectivity index is 2.14. The molecule has 1 heterocycles. The van der Waals surface area contributed by atoms with Crippen LogP contribution >= 0.6 is 0 Å². The summed E-state index contributed by atoms with van der Waals surface area (Å²) in [5.41, 5.74) is 1.39. The van der Waals surface area contributed by atoms with Crippen molar-refractivity contribution in [2.24, 2.45) is 0 Å². The molecule has 0 aliphatic carbocycles. The normalized spacial score (nSPS) is 31.9. The van der Waals surface area contributed by atoms with Crippen LogP contribution in [0.5, 0.6) is 0 Å². The molecule has 0 aromatic carbocycles. The Labute approximate surface area is 56.7 Å². The third kappa shape index (κ3) is 2.19. The zero-order valence-electron chi connectivity index (χ0n) is 6.35. The number of allylic oxidation sites excluding steroid dienone is 1. The first-order chi connectivity index (χ1) is 4.20. The summed E-state index contributed by atoms with van der Waals surface area (Å²) in [4.78, 5) is 0. The van der Waals surface area contributed by atoms with E-state index in [9.17, 15) is 0 Å². The second kappa shape index (κ2) is 2.53. The van der Waals surface area contributed by atoms with Crippen molar-refractivity contribution in [2.45, 2.75) is 39.4 Å². The fourth-order valence-corrected chi connectivity index (χ4v) is 0.829. The Hall–Kier alpha value is -0.300. The first-order valence-corrected chi connectivity index (χ1v) is 3.49. The van der Waals surface area contributed by atoms with Gasteiger partial charge in [-0.25, -0.2) is 0 Å². The van der Waals surface area contributed by atoms with Gasteiger partial charge in [0.25, 0.3) is 0 Å². The van der Waals surface area contributed by atoms with Gasteiger partial charge in [-0.3, -0.25) is 0 Å². The van der Waals surface area contributed by atoms with Crippen LogP contribution in [0.3, 0.4) is 0 Å². The lowest BCUT2D eigenvalue weighted by molar-refractivity contribution is 0.379. The molecule has 0 aromatic heterocycles. The first-order valence-electron chi connectivity index (χ1n) is 3.49. The van der Waals surface area contributed by atoms with E-state index in [-0.39, 0.29) is 0 Å². The lowest BCUT2D eigenvalue weighted by atomic mass is 10.2. The molecular weight excluding hydrogens is 112 g/mol. The maximum atomic E-state index is 5.22. The molecule has 0 amide bonds. The fourth-order valence-electron chi connectivity index (χ4n) is 0.829. The zero-order valence-corrected chi connectivity index (χ0v) is 6.35. The van der Waals surface area contributed by atoms with Crippen LogP contribution in [0.2, 0.25) is 0 Å². The average Bonchev–Trinajstić information content (AvgIpc) is 2.42. The third-order valence-corrected chi connectivity index (χ3v) is 1.59. The number of hydrogen-bond acceptors (Lipinski definition) is 1. The molecule has 1 heteroatoms. The minimum Gasteiger partial charge on any atom is -0.370 e. The van der Waals surface area contributed by atoms with Gasteiger partial charge < -0.3 is 4.74 Å². The molecular formula is C8H14O. The van der Waals surface area contributed by atoms with E-state index in [4.69, 9.17) is 4.74 Å². The molecule has 1 rings (SSSR count). The van der Waals surface area contributed by atoms with Gasteiger partial charge in [0.2, 0.25) is 0 Å². The summed E-state index contributed by atoms with van der Waals surface area (Å²) in [5.74, 6) is 0. The van der Waals surface area contributed by atoms with Crippen molar-refractivity contribution >= 4 is 0 Å². The van der Waals surface area contributed by atoms with Gasteiger partial charge in [0.1, 0.15) is 0 Å². The van der Waals surface area contributed by atoms with Crippen molar-refractivity contribution in [3.05, 3.63) is 11.6 Å². The van der Waals surface area contributed by atoms with E-state index in [2.05, 4.69) is 26.8 Å². The molecule has 0 spiro atoms. The predicted octanol–water partition coefficient (Wildman–Crippen LogP) is 2.13. The standard InChI is InChI=1S/C8H14O/c1-6(2)4-5-8-7(3)9-8/h4,7-8H,5H2,1-3H3/t7-,8+/m0/s1. The van der Waals surface area contributed by atoms with Crippen molar-refractivity contribution in [1.82, 2.24) is 0 Å². The molecule has 0 N–H and O–H groups in total. The van der Waals surface area contributed by atoms with Crippen molar-refractivity contribution in [3.63, 3.8) is 0 Å². The second-order valence-electron chi connectivity index (χ2n) is 2.90. The fraction of sp³-hybridized carbons (Fsp3) is 0.750. The molecule has 0 saturated carbocycles. The lowest BCUT2D eigenvalue weighted by Gasteiger charge is -1.86. The van der Waals surface area contributed by atoms with Gasteiger partial charge >= 0.3 is 0 Å². The van der Waals surface area contributed by atoms with E-state index < -0.39 is 0 Å². The number of hydrogen-bond donors (Lipinski definition) is 0. The van der Waals surface area contributed by atoms with Crippen molar-refractivity contribution in [1.29, 1.82) is 0 Å². The van der Waals surface area contributed by atoms with Crippen molar-refractivity contribution < 1.29 is 4.74 Å². The Morgan fingerprint density at radius 3 is 2.44 bits per heavy atom. The first kappa shape index (κ1) is 6.81. The van der Waals surface area contributed by atoms with Crippen LogP contribution < -0.4 is 0 Å². The van der Waals surface area contributed by atoms with Gasteiger partial charge in [-0.1, -0.05) is 11.6 Å². The van der Waals surface area contributed by atoms with Crippen LogP contribution in [-0.2, 0) is 4.74 Å². The summed E-state index contributed by atoms with van der Waals surface area (Å²) in [7, 11) is 0. The van der Waals surface area contributed by atoms with E-state index in [0.717, 1.165) is 6.42 Å². The van der Waals surface area contributed by atoms with Gasteiger partial charge in [-0.05, 0) is 27.2 Å². The second-order valence-corrected chi connectivity index (χ2v) is 2.90. The number of rotatable bonds is 2. The summed E-state index contributed by atoms with van der Waals surface area (Å²) in [5, 5.41) is 0. The van der Waals surface area contributed by atoms with E-state index in [0.29, 0.717) is 12.2 Å². The number of ether oxygens (including phenoxy) is 1. The Morgan fingerprint density at radius 1 is 1.56 bits per heavy atom. The van der Waals surface area contributed by atoms with Gasteiger partial charge in [0.05, 0.1) is 12.2 Å². The van der Waals surface area contributed by atoms with E-state index in [1.54, 1.807) is 0 Å². The molecule has 1 nitrogen and oxygen atoms in total. The van der Waals surface area contributed by atoms with Crippen LogP contribution in [0, 0.1) is 0 Å². The highest BCUT2D eigenvalue weighted by Crippen LogP contribution is 2.24. The van der Waals surface area contributed by atoms with Gasteiger partial charge in [0.15, 0.2) is 0 Å². The van der Waals surface area contributed by atoms with Gasteiger partial charge in [-0.15, -0.1) is 0 Å². The van der Waals surface area contributed by atoms with Crippen LogP contribution in [0.4, 0.5) is 0 Å². The SMILES string of the molecule is CC(C)=CC[C@H]1O[C@H]1C. The van der Waals surface area contributed by atoms with E-state index >= 15 is 0 Å². The summed E-state index contributed by atoms with van der Waals surface area (Å²) < 4.78 is 5.22. The quantitative estimate of drug-likeness (QED) is 0.408. The molecule has 2 atom stereocenters. The predicted molar refractivity (Wildman–Crippen MR) is 38.4 cm³/mol. The summed E-state index contributed by atoms with van der Waals surface area (Å²) >= 11 is 0. The van der Waals surface area contributed by atoms with Gasteiger partial charge in [0, 0.05) is 0 Å². The maximum Gasteiger partial charge on any atom is 0.0873 e. The van der Waals surface area contributed by atoms with E-state index in [1.807, 2.05) is 0 Å². The average molecular weight is 126 g/mol. The molecule has 0 radical (unpaired) electrons. The Morgan fingerprint density at radius 2 is 2.11 bits per heavy atom. The Kier molecular flexibility index (Phi) is 1.91. The van der Waals surface area contributed by atoms with Crippen molar-refractivity contribution in [2.75, 3.05) is 0 Å². The minimum absolute atomic E-state index is 0.514. The highest BCUT2D eigenvalue weighted by molar-refractivity contribution is 4.98. The third-order valence-electron chi connectivity index (χ3n) is 1.59. The van der Waals surface area contributed by atoms with Crippen LogP contribution in [0.1, 0.15) is 27.2 Å². The maximum absolute atomic E-state index is 5.22. The highest BCUT2D eigenvalue weighted by Gasteiger charge is 2.32. The number of epoxide rings is 1. The summed E-state index contributed by atoms with van der Waals surface area (Å²) in [6.07, 6.45) is 4.37. The Bertz CT molecular complexity index is 123. The molecule has 1 aliphatic heterocycles. The molecule has 1 aliphatic rings. The highest BCUT2D eigenvalue weighted by atomic mass is 16.6. The van der Waals surface area contributed by atoms with Crippen LogP contribution in [-0.4, -0.2) is 12.2 Å². The van der Waals surface area contributed by atoms with E-state index in [1.165, 1.54) is 5.57 Å². The van der Waals surface area contributed by atoms with Crippen LogP contribution in [0.25, 0.3) is 0 Å². The monoisotopic (exact) mass is 126 g/mol. The summed E-state index contributed by atoms with van der Waals surface area (Å²) in [6, 6.07) is 0. The molecule has 1 fully saturated rings. The minimum atomic E-state index is 0.514.